The van der Waals surface area contributed by atoms with Crippen LogP contribution in [0.5, 0.6) is 5.75 Å². The lowest BCUT2D eigenvalue weighted by Crippen LogP contribution is -2.24. The van der Waals surface area contributed by atoms with Gasteiger partial charge in [-0.3, -0.25) is 14.9 Å². The van der Waals surface area contributed by atoms with Gasteiger partial charge in [0.15, 0.2) is 0 Å². The molecule has 0 saturated carbocycles. The number of carbonyl (C=O) groups is 1. The first-order valence-electron chi connectivity index (χ1n) is 12.7. The van der Waals surface area contributed by atoms with E-state index in [0.717, 1.165) is 56.9 Å². The van der Waals surface area contributed by atoms with Crippen LogP contribution in [0.3, 0.4) is 0 Å². The molecule has 1 N–H and O–H groups in total. The monoisotopic (exact) mass is 681 g/mol. The average Bonchev–Trinajstić information content (AvgIpc) is 3.33. The number of hydrogen-bond acceptors (Lipinski definition) is 6. The maximum absolute atomic E-state index is 13.4. The number of non-ortho nitro benzene ring substituents is 1. The summed E-state index contributed by atoms with van der Waals surface area (Å²) in [5.41, 5.74) is 4.37. The maximum Gasteiger partial charge on any atom is 0.269 e. The third-order valence-corrected chi connectivity index (χ3v) is 8.81. The number of aryl methyl sites for hydroxylation is 1. The number of fused-ring (bicyclic) bond motifs is 1. The van der Waals surface area contributed by atoms with Crippen molar-refractivity contribution in [2.24, 2.45) is 4.99 Å². The lowest BCUT2D eigenvalue weighted by molar-refractivity contribution is -0.384. The minimum absolute atomic E-state index is 0.0312. The molecule has 204 valence electrons. The van der Waals surface area contributed by atoms with E-state index in [1.54, 1.807) is 29.7 Å². The molecule has 10 heteroatoms. The molecule has 1 heterocycles. The van der Waals surface area contributed by atoms with Crippen LogP contribution in [0.15, 0.2) is 80.7 Å². The summed E-state index contributed by atoms with van der Waals surface area (Å²) in [6.45, 7) is 0.673. The third-order valence-electron chi connectivity index (χ3n) is 6.56. The van der Waals surface area contributed by atoms with Crippen molar-refractivity contribution >= 4 is 66.0 Å². The van der Waals surface area contributed by atoms with Gasteiger partial charge in [0.2, 0.25) is 0 Å². The van der Waals surface area contributed by atoms with Crippen LogP contribution in [0.25, 0.3) is 0 Å². The molecule has 1 aliphatic rings. The smallest absolute Gasteiger partial charge is 0.269 e. The first-order valence-corrected chi connectivity index (χ1v) is 15.1. The van der Waals surface area contributed by atoms with Crippen molar-refractivity contribution in [1.82, 2.24) is 5.32 Å². The summed E-state index contributed by atoms with van der Waals surface area (Å²) in [6, 6.07) is 19.9. The van der Waals surface area contributed by atoms with Gasteiger partial charge >= 0.3 is 0 Å². The van der Waals surface area contributed by atoms with Gasteiger partial charge in [-0.15, -0.1) is 11.3 Å². The Hall–Kier alpha value is -3.34. The van der Waals surface area contributed by atoms with Gasteiger partial charge in [-0.05, 0) is 82.6 Å². The molecule has 0 atom stereocenters. The molecule has 1 aliphatic carbocycles. The first kappa shape index (κ1) is 28.2. The number of nitro groups is 1. The molecular weight excluding hydrogens is 658 g/mol. The highest BCUT2D eigenvalue weighted by Gasteiger charge is 2.25. The van der Waals surface area contributed by atoms with Gasteiger partial charge in [0.25, 0.3) is 11.6 Å². The number of hydrogen-bond donors (Lipinski definition) is 1. The molecule has 0 spiro atoms. The number of nitrogens with one attached hydrogen (secondary N) is 1. The number of thiophene rings is 1. The zero-order chi connectivity index (χ0) is 28.1. The van der Waals surface area contributed by atoms with Crippen LogP contribution in [-0.4, -0.2) is 17.0 Å². The average molecular weight is 683 g/mol. The number of benzene rings is 3. The number of halogens is 2. The maximum atomic E-state index is 13.4. The molecule has 0 unspecified atom stereocenters. The van der Waals surface area contributed by atoms with Gasteiger partial charge in [0.1, 0.15) is 17.4 Å². The third kappa shape index (κ3) is 6.68. The Bertz CT molecular complexity index is 1570. The fourth-order valence-electron chi connectivity index (χ4n) is 4.57. The molecule has 1 aromatic heterocycles. The van der Waals surface area contributed by atoms with Gasteiger partial charge in [-0.2, -0.15) is 0 Å². The number of ether oxygens (including phenoxy) is 1. The van der Waals surface area contributed by atoms with Crippen LogP contribution in [0, 0.1) is 10.1 Å². The van der Waals surface area contributed by atoms with Crippen molar-refractivity contribution in [2.75, 3.05) is 0 Å². The molecule has 1 amide bonds. The van der Waals surface area contributed by atoms with Crippen molar-refractivity contribution in [3.8, 4) is 5.75 Å². The molecule has 0 fully saturated rings. The zero-order valence-electron chi connectivity index (χ0n) is 21.4. The van der Waals surface area contributed by atoms with E-state index in [0.29, 0.717) is 22.9 Å². The summed E-state index contributed by atoms with van der Waals surface area (Å²) < 4.78 is 7.71. The summed E-state index contributed by atoms with van der Waals surface area (Å²) in [5, 5.41) is 14.7. The second kappa shape index (κ2) is 12.9. The molecule has 3 aromatic carbocycles. The topological polar surface area (TPSA) is 93.8 Å². The molecule has 7 nitrogen and oxygen atoms in total. The molecule has 4 aromatic rings. The second-order valence-electron chi connectivity index (χ2n) is 9.34. The number of aliphatic imine (C=N–C) groups is 1. The van der Waals surface area contributed by atoms with Crippen molar-refractivity contribution in [2.45, 2.75) is 38.8 Å². The van der Waals surface area contributed by atoms with Crippen molar-refractivity contribution in [3.63, 3.8) is 0 Å². The molecule has 0 bridgehead atoms. The zero-order valence-corrected chi connectivity index (χ0v) is 25.4. The van der Waals surface area contributed by atoms with Gasteiger partial charge in [-0.1, -0.05) is 46.3 Å². The fourth-order valence-corrected chi connectivity index (χ4v) is 7.17. The Labute approximate surface area is 252 Å². The predicted octanol–water partition coefficient (Wildman–Crippen LogP) is 8.32. The summed E-state index contributed by atoms with van der Waals surface area (Å²) in [6.07, 6.45) is 5.74. The summed E-state index contributed by atoms with van der Waals surface area (Å²) in [7, 11) is 0. The largest absolute Gasteiger partial charge is 0.487 e. The summed E-state index contributed by atoms with van der Waals surface area (Å²) in [4.78, 5) is 30.0. The second-order valence-corrected chi connectivity index (χ2v) is 12.2. The molecular formula is C30H25Br2N3O4S. The summed E-state index contributed by atoms with van der Waals surface area (Å²) >= 11 is 8.71. The SMILES string of the molecule is O=C(NCc1ccccc1)c1c(N=Cc2cc(Br)cc(Br)c2OCc2ccc([N+](=O)[O-])cc2)sc2c1CCCC2. The number of amides is 1. The predicted molar refractivity (Wildman–Crippen MR) is 165 cm³/mol. The van der Waals surface area contributed by atoms with Crippen molar-refractivity contribution in [3.05, 3.63) is 118 Å². The van der Waals surface area contributed by atoms with E-state index in [1.165, 1.54) is 17.0 Å². The lowest BCUT2D eigenvalue weighted by Gasteiger charge is -2.13. The van der Waals surface area contributed by atoms with Crippen LogP contribution < -0.4 is 10.1 Å². The highest BCUT2D eigenvalue weighted by atomic mass is 79.9. The fraction of sp³-hybridized carbons (Fsp3) is 0.200. The Morgan fingerprint density at radius 2 is 1.80 bits per heavy atom. The lowest BCUT2D eigenvalue weighted by atomic mass is 9.95. The van der Waals surface area contributed by atoms with Crippen LogP contribution >= 0.6 is 43.2 Å². The first-order chi connectivity index (χ1) is 19.4. The standard InChI is InChI=1S/C30H25Br2N3O4S/c31-22-14-21(28(25(32)15-22)39-18-20-10-12-23(13-11-20)35(37)38)17-34-30-27(24-8-4-5-9-26(24)40-30)29(36)33-16-19-6-2-1-3-7-19/h1-3,6-7,10-15,17H,4-5,8-9,16,18H2,(H,33,36). The molecule has 5 rings (SSSR count). The number of rotatable bonds is 9. The van der Waals surface area contributed by atoms with E-state index in [-0.39, 0.29) is 18.2 Å². The van der Waals surface area contributed by atoms with Crippen LogP contribution in [0.4, 0.5) is 10.7 Å². The van der Waals surface area contributed by atoms with Crippen molar-refractivity contribution < 1.29 is 14.5 Å². The van der Waals surface area contributed by atoms with E-state index in [4.69, 9.17) is 9.73 Å². The van der Waals surface area contributed by atoms with Gasteiger partial charge in [0, 0.05) is 39.8 Å². The quantitative estimate of drug-likeness (QED) is 0.109. The Morgan fingerprint density at radius 3 is 2.55 bits per heavy atom. The van der Waals surface area contributed by atoms with Crippen LogP contribution in [-0.2, 0) is 26.0 Å². The number of nitro benzene ring substituents is 1. The van der Waals surface area contributed by atoms with E-state index in [9.17, 15) is 14.9 Å². The molecule has 0 aliphatic heterocycles. The normalized spacial score (nSPS) is 12.8. The Kier molecular flexibility index (Phi) is 9.08. The minimum atomic E-state index is -0.427. The molecule has 0 saturated heterocycles. The van der Waals surface area contributed by atoms with E-state index < -0.39 is 4.92 Å². The highest BCUT2D eigenvalue weighted by molar-refractivity contribution is 9.11. The minimum Gasteiger partial charge on any atom is -0.487 e. The molecule has 0 radical (unpaired) electrons. The number of carbonyl (C=O) groups excluding carboxylic acids is 1. The van der Waals surface area contributed by atoms with E-state index in [2.05, 4.69) is 37.2 Å². The van der Waals surface area contributed by atoms with E-state index in [1.807, 2.05) is 42.5 Å². The van der Waals surface area contributed by atoms with Gasteiger partial charge < -0.3 is 10.1 Å². The highest BCUT2D eigenvalue weighted by Crippen LogP contribution is 2.40. The van der Waals surface area contributed by atoms with Crippen LogP contribution in [0.2, 0.25) is 0 Å². The molecule has 40 heavy (non-hydrogen) atoms. The van der Waals surface area contributed by atoms with Gasteiger partial charge in [-0.25, -0.2) is 4.99 Å². The Morgan fingerprint density at radius 1 is 1.05 bits per heavy atom. The Balaban J connectivity index is 1.41. The van der Waals surface area contributed by atoms with E-state index >= 15 is 0 Å². The van der Waals surface area contributed by atoms with Crippen molar-refractivity contribution in [1.29, 1.82) is 0 Å². The number of nitrogens with zero attached hydrogens (tertiary/aromatic N) is 2. The van der Waals surface area contributed by atoms with Crippen LogP contribution in [0.1, 0.15) is 50.3 Å². The van der Waals surface area contributed by atoms with Gasteiger partial charge in [0.05, 0.1) is 15.0 Å². The summed E-state index contributed by atoms with van der Waals surface area (Å²) in [5.74, 6) is 0.474.